The summed E-state index contributed by atoms with van der Waals surface area (Å²) in [5, 5.41) is 2.19. The van der Waals surface area contributed by atoms with Crippen LogP contribution in [0.3, 0.4) is 0 Å². The van der Waals surface area contributed by atoms with Crippen molar-refractivity contribution in [2.75, 3.05) is 6.61 Å². The molecule has 0 fully saturated rings. The van der Waals surface area contributed by atoms with Gasteiger partial charge < -0.3 is 9.64 Å². The molecule has 0 radical (unpaired) electrons. The van der Waals surface area contributed by atoms with Crippen molar-refractivity contribution < 1.29 is 9.53 Å². The number of benzene rings is 2. The molecule has 0 saturated heterocycles. The predicted molar refractivity (Wildman–Crippen MR) is 124 cm³/mol. The van der Waals surface area contributed by atoms with Crippen LogP contribution in [0.4, 0.5) is 0 Å². The summed E-state index contributed by atoms with van der Waals surface area (Å²) in [6.07, 6.45) is 0. The van der Waals surface area contributed by atoms with Crippen molar-refractivity contribution >= 4 is 46.1 Å². The Kier molecular flexibility index (Phi) is 6.14. The monoisotopic (exact) mass is 460 g/mol. The molecule has 2 atom stereocenters. The third-order valence-corrected chi connectivity index (χ3v) is 6.72. The number of halogens is 2. The number of carbonyl (C=O) groups is 1. The molecule has 0 spiro atoms. The summed E-state index contributed by atoms with van der Waals surface area (Å²) < 4.78 is 5.32. The first-order valence-electron chi connectivity index (χ1n) is 9.87. The molecule has 2 aliphatic rings. The Morgan fingerprint density at radius 1 is 1.07 bits per heavy atom. The van der Waals surface area contributed by atoms with Crippen molar-refractivity contribution in [3.8, 4) is 0 Å². The van der Waals surface area contributed by atoms with E-state index in [0.717, 1.165) is 22.0 Å². The Balaban J connectivity index is 1.83. The first kappa shape index (κ1) is 21.3. The lowest BCUT2D eigenvalue weighted by Gasteiger charge is -2.31. The van der Waals surface area contributed by atoms with Crippen LogP contribution in [0.2, 0.25) is 10.0 Å². The molecule has 0 bridgehead atoms. The molecule has 4 rings (SSSR count). The SMILES string of the molecule is CCOC(=O)C1=C(C(C)C)N2C(=NC(c3ccc(Cl)cc3)C2c2ccc(Cl)cc2)S1. The van der Waals surface area contributed by atoms with E-state index in [1.165, 1.54) is 11.8 Å². The number of thioether (sulfide) groups is 1. The van der Waals surface area contributed by atoms with Crippen molar-refractivity contribution in [2.45, 2.75) is 32.9 Å². The molecule has 2 aromatic rings. The maximum Gasteiger partial charge on any atom is 0.346 e. The highest BCUT2D eigenvalue weighted by atomic mass is 35.5. The Morgan fingerprint density at radius 3 is 2.17 bits per heavy atom. The highest BCUT2D eigenvalue weighted by Crippen LogP contribution is 2.53. The van der Waals surface area contributed by atoms with Gasteiger partial charge in [0.05, 0.1) is 12.6 Å². The normalized spacial score (nSPS) is 20.6. The lowest BCUT2D eigenvalue weighted by Crippen LogP contribution is -2.29. The minimum atomic E-state index is -0.291. The van der Waals surface area contributed by atoms with Gasteiger partial charge in [0.15, 0.2) is 5.17 Å². The average molecular weight is 461 g/mol. The van der Waals surface area contributed by atoms with Crippen LogP contribution in [-0.4, -0.2) is 22.6 Å². The maximum absolute atomic E-state index is 12.7. The first-order chi connectivity index (χ1) is 14.4. The minimum absolute atomic E-state index is 0.0877. The molecule has 7 heteroatoms. The van der Waals surface area contributed by atoms with E-state index in [-0.39, 0.29) is 24.0 Å². The number of esters is 1. The number of nitrogens with zero attached hydrogens (tertiary/aromatic N) is 2. The summed E-state index contributed by atoms with van der Waals surface area (Å²) in [5.74, 6) is -0.162. The molecule has 2 heterocycles. The van der Waals surface area contributed by atoms with Gasteiger partial charge in [0.1, 0.15) is 10.9 Å². The second kappa shape index (κ2) is 8.66. The van der Waals surface area contributed by atoms with Gasteiger partial charge in [0.2, 0.25) is 0 Å². The number of hydrogen-bond acceptors (Lipinski definition) is 5. The Hall–Kier alpha value is -1.95. The van der Waals surface area contributed by atoms with Crippen molar-refractivity contribution in [1.82, 2.24) is 4.90 Å². The van der Waals surface area contributed by atoms with Crippen LogP contribution in [-0.2, 0) is 9.53 Å². The third kappa shape index (κ3) is 3.86. The summed E-state index contributed by atoms with van der Waals surface area (Å²) in [5.41, 5.74) is 3.11. The number of rotatable bonds is 5. The van der Waals surface area contributed by atoms with Crippen molar-refractivity contribution in [3.05, 3.63) is 80.3 Å². The van der Waals surface area contributed by atoms with Gasteiger partial charge in [-0.25, -0.2) is 4.79 Å². The lowest BCUT2D eigenvalue weighted by atomic mass is 9.92. The average Bonchev–Trinajstić information content (AvgIpc) is 3.26. The highest BCUT2D eigenvalue weighted by molar-refractivity contribution is 8.18. The van der Waals surface area contributed by atoms with E-state index in [0.29, 0.717) is 21.6 Å². The van der Waals surface area contributed by atoms with E-state index < -0.39 is 0 Å². The van der Waals surface area contributed by atoms with Crippen LogP contribution in [0.5, 0.6) is 0 Å². The number of carbonyl (C=O) groups excluding carboxylic acids is 1. The van der Waals surface area contributed by atoms with Gasteiger partial charge >= 0.3 is 5.97 Å². The van der Waals surface area contributed by atoms with Gasteiger partial charge in [-0.05, 0) is 60.0 Å². The molecule has 2 aromatic carbocycles. The number of aliphatic imine (C=N–C) groups is 1. The van der Waals surface area contributed by atoms with Crippen LogP contribution in [0, 0.1) is 5.92 Å². The number of amidine groups is 1. The molecule has 2 aliphatic heterocycles. The number of ether oxygens (including phenoxy) is 1. The molecule has 0 aromatic heterocycles. The van der Waals surface area contributed by atoms with Gasteiger partial charge in [0, 0.05) is 15.7 Å². The van der Waals surface area contributed by atoms with Crippen LogP contribution in [0.1, 0.15) is 44.0 Å². The quantitative estimate of drug-likeness (QED) is 0.469. The summed E-state index contributed by atoms with van der Waals surface area (Å²) in [6.45, 7) is 6.34. The fraction of sp³-hybridized carbons (Fsp3) is 0.304. The molecular weight excluding hydrogens is 439 g/mol. The van der Waals surface area contributed by atoms with Crippen molar-refractivity contribution in [3.63, 3.8) is 0 Å². The zero-order valence-electron chi connectivity index (χ0n) is 16.9. The third-order valence-electron chi connectivity index (χ3n) is 5.15. The smallest absolute Gasteiger partial charge is 0.346 e. The predicted octanol–water partition coefficient (Wildman–Crippen LogP) is 6.62. The lowest BCUT2D eigenvalue weighted by molar-refractivity contribution is -0.137. The molecule has 0 N–H and O–H groups in total. The fourth-order valence-electron chi connectivity index (χ4n) is 3.88. The molecule has 0 saturated carbocycles. The minimum Gasteiger partial charge on any atom is -0.462 e. The fourth-order valence-corrected chi connectivity index (χ4v) is 5.38. The first-order valence-corrected chi connectivity index (χ1v) is 11.4. The van der Waals surface area contributed by atoms with Gasteiger partial charge in [-0.1, -0.05) is 61.3 Å². The van der Waals surface area contributed by atoms with Crippen LogP contribution < -0.4 is 0 Å². The molecule has 0 amide bonds. The molecule has 4 nitrogen and oxygen atoms in total. The van der Waals surface area contributed by atoms with E-state index >= 15 is 0 Å². The zero-order valence-corrected chi connectivity index (χ0v) is 19.3. The number of fused-ring (bicyclic) bond motifs is 1. The van der Waals surface area contributed by atoms with Crippen LogP contribution in [0.25, 0.3) is 0 Å². The molecule has 0 aliphatic carbocycles. The Morgan fingerprint density at radius 2 is 1.63 bits per heavy atom. The van der Waals surface area contributed by atoms with E-state index in [1.54, 1.807) is 0 Å². The van der Waals surface area contributed by atoms with Gasteiger partial charge in [-0.2, -0.15) is 0 Å². The van der Waals surface area contributed by atoms with Crippen molar-refractivity contribution in [2.24, 2.45) is 10.9 Å². The topological polar surface area (TPSA) is 41.9 Å². The van der Waals surface area contributed by atoms with E-state index in [4.69, 9.17) is 32.9 Å². The van der Waals surface area contributed by atoms with E-state index in [1.807, 2.05) is 55.5 Å². The Bertz CT molecular complexity index is 1020. The molecular formula is C23H22Cl2N2O2S. The van der Waals surface area contributed by atoms with Crippen LogP contribution >= 0.6 is 35.0 Å². The number of allylic oxidation sites excluding steroid dienone is 1. The second-order valence-electron chi connectivity index (χ2n) is 7.47. The summed E-state index contributed by atoms with van der Waals surface area (Å²) >= 11 is 13.7. The van der Waals surface area contributed by atoms with Gasteiger partial charge in [0.25, 0.3) is 0 Å². The standard InChI is InChI=1S/C23H22Cl2N2O2S/c1-4-29-22(28)21-19(13(2)3)27-20(15-7-11-17(25)12-8-15)18(26-23(27)30-21)14-5-9-16(24)10-6-14/h5-13,18,20H,4H2,1-3H3. The van der Waals surface area contributed by atoms with E-state index in [2.05, 4.69) is 18.7 Å². The number of hydrogen-bond donors (Lipinski definition) is 0. The van der Waals surface area contributed by atoms with Gasteiger partial charge in [-0.15, -0.1) is 0 Å². The van der Waals surface area contributed by atoms with Crippen LogP contribution in [0.15, 0.2) is 64.1 Å². The van der Waals surface area contributed by atoms with E-state index in [9.17, 15) is 4.79 Å². The van der Waals surface area contributed by atoms with Crippen molar-refractivity contribution in [1.29, 1.82) is 0 Å². The summed E-state index contributed by atoms with van der Waals surface area (Å²) in [4.78, 5) is 20.5. The second-order valence-corrected chi connectivity index (χ2v) is 9.32. The summed E-state index contributed by atoms with van der Waals surface area (Å²) in [7, 11) is 0. The molecule has 2 unspecified atom stereocenters. The summed E-state index contributed by atoms with van der Waals surface area (Å²) in [6, 6.07) is 15.4. The zero-order chi connectivity index (χ0) is 21.4. The molecule has 30 heavy (non-hydrogen) atoms. The highest BCUT2D eigenvalue weighted by Gasteiger charge is 2.47. The maximum atomic E-state index is 12.7. The largest absolute Gasteiger partial charge is 0.462 e. The van der Waals surface area contributed by atoms with Gasteiger partial charge in [-0.3, -0.25) is 4.99 Å². The Labute approximate surface area is 190 Å². The molecule has 156 valence electrons.